The van der Waals surface area contributed by atoms with Crippen molar-refractivity contribution < 1.29 is 4.79 Å². The lowest BCUT2D eigenvalue weighted by molar-refractivity contribution is 0.0994. The van der Waals surface area contributed by atoms with Gasteiger partial charge in [-0.25, -0.2) is 4.68 Å². The van der Waals surface area contributed by atoms with Crippen LogP contribution in [0, 0.1) is 3.57 Å². The van der Waals surface area contributed by atoms with E-state index in [1.165, 1.54) is 0 Å². The molecule has 0 radical (unpaired) electrons. The predicted octanol–water partition coefficient (Wildman–Crippen LogP) is 5.11. The lowest BCUT2D eigenvalue weighted by atomic mass is 10.0. The van der Waals surface area contributed by atoms with E-state index in [2.05, 4.69) is 27.7 Å². The Morgan fingerprint density at radius 2 is 1.88 bits per heavy atom. The third-order valence-corrected chi connectivity index (χ3v) is 5.08. The Balaban J connectivity index is 2.34. The molecule has 1 amide bonds. The first-order valence-electron chi connectivity index (χ1n) is 7.55. The summed E-state index contributed by atoms with van der Waals surface area (Å²) in [4.78, 5) is 11.9. The highest BCUT2D eigenvalue weighted by Crippen LogP contribution is 2.33. The van der Waals surface area contributed by atoms with Crippen LogP contribution in [0.2, 0.25) is 10.0 Å². The molecule has 25 heavy (non-hydrogen) atoms. The van der Waals surface area contributed by atoms with Crippen LogP contribution in [0.1, 0.15) is 23.0 Å². The van der Waals surface area contributed by atoms with Gasteiger partial charge in [0, 0.05) is 19.7 Å². The molecular weight excluding hydrogens is 472 g/mol. The maximum absolute atomic E-state index is 11.9. The Bertz CT molecular complexity index is 952. The Labute approximate surface area is 169 Å². The molecule has 0 aliphatic heterocycles. The van der Waals surface area contributed by atoms with Crippen LogP contribution in [-0.2, 0) is 6.42 Å². The SMILES string of the molecule is CCc1c(C(N)=O)nn(-c2ccc(Cl)cc2Cl)c1-c1ccc(I)cc1. The van der Waals surface area contributed by atoms with Crippen molar-refractivity contribution >= 4 is 51.7 Å². The van der Waals surface area contributed by atoms with Crippen molar-refractivity contribution in [3.63, 3.8) is 0 Å². The van der Waals surface area contributed by atoms with E-state index in [0.717, 1.165) is 20.4 Å². The second-order valence-corrected chi connectivity index (χ2v) is 7.50. The summed E-state index contributed by atoms with van der Waals surface area (Å²) in [6.07, 6.45) is 0.616. The zero-order valence-corrected chi connectivity index (χ0v) is 16.9. The summed E-state index contributed by atoms with van der Waals surface area (Å²) < 4.78 is 2.78. The number of aromatic nitrogens is 2. The third kappa shape index (κ3) is 3.54. The van der Waals surface area contributed by atoms with Crippen molar-refractivity contribution in [2.45, 2.75) is 13.3 Å². The molecule has 0 fully saturated rings. The minimum absolute atomic E-state index is 0.252. The van der Waals surface area contributed by atoms with Gasteiger partial charge in [0.05, 0.1) is 16.4 Å². The quantitative estimate of drug-likeness (QED) is 0.522. The van der Waals surface area contributed by atoms with Crippen molar-refractivity contribution in [2.24, 2.45) is 5.73 Å². The molecule has 0 saturated heterocycles. The van der Waals surface area contributed by atoms with E-state index in [0.29, 0.717) is 22.2 Å². The molecule has 0 aliphatic carbocycles. The molecule has 4 nitrogen and oxygen atoms in total. The van der Waals surface area contributed by atoms with Crippen molar-refractivity contribution in [2.75, 3.05) is 0 Å². The van der Waals surface area contributed by atoms with E-state index in [1.54, 1.807) is 22.9 Å². The number of halogens is 3. The maximum Gasteiger partial charge on any atom is 0.269 e. The molecule has 3 rings (SSSR count). The Morgan fingerprint density at radius 3 is 2.44 bits per heavy atom. The van der Waals surface area contributed by atoms with Crippen molar-refractivity contribution in [3.8, 4) is 16.9 Å². The van der Waals surface area contributed by atoms with Crippen LogP contribution >= 0.6 is 45.8 Å². The van der Waals surface area contributed by atoms with Gasteiger partial charge in [-0.2, -0.15) is 5.10 Å². The molecule has 0 atom stereocenters. The average molecular weight is 486 g/mol. The number of primary amides is 1. The van der Waals surface area contributed by atoms with Crippen LogP contribution in [0.25, 0.3) is 16.9 Å². The van der Waals surface area contributed by atoms with Crippen LogP contribution in [-0.4, -0.2) is 15.7 Å². The summed E-state index contributed by atoms with van der Waals surface area (Å²) in [6, 6.07) is 13.1. The Hall–Kier alpha value is -1.57. The fraction of sp³-hybridized carbons (Fsp3) is 0.111. The second-order valence-electron chi connectivity index (χ2n) is 5.41. The zero-order valence-electron chi connectivity index (χ0n) is 13.3. The van der Waals surface area contributed by atoms with E-state index in [1.807, 2.05) is 31.2 Å². The van der Waals surface area contributed by atoms with Gasteiger partial charge in [-0.3, -0.25) is 4.79 Å². The number of nitrogens with two attached hydrogens (primary N) is 1. The van der Waals surface area contributed by atoms with E-state index < -0.39 is 5.91 Å². The monoisotopic (exact) mass is 485 g/mol. The van der Waals surface area contributed by atoms with E-state index in [4.69, 9.17) is 28.9 Å². The third-order valence-electron chi connectivity index (χ3n) is 3.83. The minimum atomic E-state index is -0.563. The van der Waals surface area contributed by atoms with Gasteiger partial charge in [-0.15, -0.1) is 0 Å². The molecule has 2 aromatic carbocycles. The standard InChI is InChI=1S/C18H14Cl2IN3O/c1-2-13-16(18(22)25)23-24(15-8-5-11(19)9-14(15)20)17(13)10-3-6-12(21)7-4-10/h3-9H,2H2,1H3,(H2,22,25). The lowest BCUT2D eigenvalue weighted by Crippen LogP contribution is -2.14. The lowest BCUT2D eigenvalue weighted by Gasteiger charge is -2.11. The molecule has 1 aromatic heterocycles. The summed E-state index contributed by atoms with van der Waals surface area (Å²) >= 11 is 14.6. The normalized spacial score (nSPS) is 10.9. The fourth-order valence-corrected chi connectivity index (χ4v) is 3.56. The van der Waals surface area contributed by atoms with Crippen molar-refractivity contribution in [3.05, 3.63) is 67.3 Å². The highest BCUT2D eigenvalue weighted by Gasteiger charge is 2.23. The topological polar surface area (TPSA) is 60.9 Å². The van der Waals surface area contributed by atoms with Gasteiger partial charge in [0.1, 0.15) is 0 Å². The first-order chi connectivity index (χ1) is 11.9. The zero-order chi connectivity index (χ0) is 18.1. The van der Waals surface area contributed by atoms with Crippen LogP contribution in [0.5, 0.6) is 0 Å². The Kier molecular flexibility index (Phi) is 5.36. The molecule has 0 saturated carbocycles. The van der Waals surface area contributed by atoms with Gasteiger partial charge >= 0.3 is 0 Å². The number of carbonyl (C=O) groups is 1. The van der Waals surface area contributed by atoms with Gasteiger partial charge in [-0.1, -0.05) is 42.3 Å². The summed E-state index contributed by atoms with van der Waals surface area (Å²) in [5, 5.41) is 5.43. The number of carbonyl (C=O) groups excluding carboxylic acids is 1. The highest BCUT2D eigenvalue weighted by atomic mass is 127. The number of nitrogens with zero attached hydrogens (tertiary/aromatic N) is 2. The molecule has 3 aromatic rings. The highest BCUT2D eigenvalue weighted by molar-refractivity contribution is 14.1. The van der Waals surface area contributed by atoms with Gasteiger partial charge in [0.2, 0.25) is 0 Å². The van der Waals surface area contributed by atoms with E-state index in [-0.39, 0.29) is 5.69 Å². The largest absolute Gasteiger partial charge is 0.364 e. The van der Waals surface area contributed by atoms with Crippen LogP contribution in [0.3, 0.4) is 0 Å². The molecule has 2 N–H and O–H groups in total. The molecule has 0 bridgehead atoms. The summed E-state index contributed by atoms with van der Waals surface area (Å²) in [6.45, 7) is 1.97. The smallest absolute Gasteiger partial charge is 0.269 e. The summed E-state index contributed by atoms with van der Waals surface area (Å²) in [5.74, 6) is -0.563. The average Bonchev–Trinajstić information content (AvgIpc) is 2.95. The number of benzene rings is 2. The number of rotatable bonds is 4. The van der Waals surface area contributed by atoms with Gasteiger partial charge in [0.15, 0.2) is 5.69 Å². The summed E-state index contributed by atoms with van der Waals surface area (Å²) in [5.41, 5.74) is 8.96. The first kappa shape index (κ1) is 18.2. The van der Waals surface area contributed by atoms with Crippen molar-refractivity contribution in [1.29, 1.82) is 0 Å². The molecule has 128 valence electrons. The van der Waals surface area contributed by atoms with Gasteiger partial charge < -0.3 is 5.73 Å². The molecule has 0 aliphatic rings. The minimum Gasteiger partial charge on any atom is -0.364 e. The van der Waals surface area contributed by atoms with E-state index >= 15 is 0 Å². The number of hydrogen-bond donors (Lipinski definition) is 1. The summed E-state index contributed by atoms with van der Waals surface area (Å²) in [7, 11) is 0. The van der Waals surface area contributed by atoms with Crippen LogP contribution < -0.4 is 5.73 Å². The number of hydrogen-bond acceptors (Lipinski definition) is 2. The maximum atomic E-state index is 11.9. The van der Waals surface area contributed by atoms with E-state index in [9.17, 15) is 4.79 Å². The van der Waals surface area contributed by atoms with Gasteiger partial charge in [-0.05, 0) is 59.3 Å². The van der Waals surface area contributed by atoms with Crippen LogP contribution in [0.15, 0.2) is 42.5 Å². The second kappa shape index (κ2) is 7.35. The molecular formula is C18H14Cl2IN3O. The Morgan fingerprint density at radius 1 is 1.20 bits per heavy atom. The first-order valence-corrected chi connectivity index (χ1v) is 9.39. The van der Waals surface area contributed by atoms with Gasteiger partial charge in [0.25, 0.3) is 5.91 Å². The fourth-order valence-electron chi connectivity index (χ4n) is 2.71. The van der Waals surface area contributed by atoms with Crippen molar-refractivity contribution in [1.82, 2.24) is 9.78 Å². The molecule has 7 heteroatoms. The predicted molar refractivity (Wildman–Crippen MR) is 110 cm³/mol. The van der Waals surface area contributed by atoms with Crippen LogP contribution in [0.4, 0.5) is 0 Å². The molecule has 0 spiro atoms. The molecule has 1 heterocycles. The number of amides is 1. The molecule has 0 unspecified atom stereocenters.